The molecule has 4 rings (SSSR count). The zero-order chi connectivity index (χ0) is 23.7. The van der Waals surface area contributed by atoms with Crippen molar-refractivity contribution in [1.29, 1.82) is 0 Å². The van der Waals surface area contributed by atoms with Crippen molar-refractivity contribution >= 4 is 23.3 Å². The van der Waals surface area contributed by atoms with Gasteiger partial charge in [0.05, 0.1) is 26.9 Å². The highest BCUT2D eigenvalue weighted by Gasteiger charge is 2.49. The smallest absolute Gasteiger partial charge is 0.301 e. The fraction of sp³-hybridized carbons (Fsp3) is 0.208. The molecule has 170 valence electrons. The minimum Gasteiger partial charge on any atom is -0.507 e. The number of aliphatic hydroxyl groups excluding tert-OH is 1. The summed E-state index contributed by atoms with van der Waals surface area (Å²) in [4.78, 5) is 27.5. The van der Waals surface area contributed by atoms with Crippen LogP contribution in [-0.2, 0) is 9.59 Å². The SMILES string of the molecule is COc1ccc(/C(O)=C2/C(=O)C(=O)N(c3cc(C)on3)C2c2ccccc2OC)cc1OC. The molecule has 9 heteroatoms. The molecule has 1 aromatic heterocycles. The van der Waals surface area contributed by atoms with Gasteiger partial charge in [-0.15, -0.1) is 0 Å². The van der Waals surface area contributed by atoms with Crippen LogP contribution in [0.15, 0.2) is 58.6 Å². The number of ether oxygens (including phenoxy) is 3. The third kappa shape index (κ3) is 3.67. The molecule has 0 radical (unpaired) electrons. The summed E-state index contributed by atoms with van der Waals surface area (Å²) in [5, 5.41) is 15.2. The maximum absolute atomic E-state index is 13.2. The average Bonchev–Trinajstić information content (AvgIpc) is 3.38. The second-order valence-corrected chi connectivity index (χ2v) is 7.28. The molecule has 1 aliphatic heterocycles. The fourth-order valence-electron chi connectivity index (χ4n) is 3.86. The Balaban J connectivity index is 1.97. The number of aryl methyl sites for hydroxylation is 1. The summed E-state index contributed by atoms with van der Waals surface area (Å²) in [7, 11) is 4.44. The van der Waals surface area contributed by atoms with E-state index in [-0.39, 0.29) is 22.7 Å². The Hall–Kier alpha value is -4.27. The van der Waals surface area contributed by atoms with Crippen LogP contribution < -0.4 is 19.1 Å². The molecule has 1 aliphatic rings. The number of aromatic nitrogens is 1. The first kappa shape index (κ1) is 21.9. The minimum absolute atomic E-state index is 0.114. The summed E-state index contributed by atoms with van der Waals surface area (Å²) in [5.74, 6) is -0.214. The molecule has 1 fully saturated rings. The van der Waals surface area contributed by atoms with Crippen LogP contribution in [-0.4, -0.2) is 43.3 Å². The third-order valence-electron chi connectivity index (χ3n) is 5.40. The Bertz CT molecular complexity index is 1260. The van der Waals surface area contributed by atoms with Crippen molar-refractivity contribution < 1.29 is 33.4 Å². The second-order valence-electron chi connectivity index (χ2n) is 7.28. The standard InChI is InChI=1S/C24H22N2O7/c1-13-11-19(25-33-13)26-21(15-7-5-6-8-16(15)30-2)20(23(28)24(26)29)22(27)14-9-10-17(31-3)18(12-14)32-4/h5-12,21,27H,1-4H3/b22-20-. The van der Waals surface area contributed by atoms with Crippen molar-refractivity contribution in [3.8, 4) is 17.2 Å². The first-order valence-electron chi connectivity index (χ1n) is 10.0. The van der Waals surface area contributed by atoms with E-state index in [1.54, 1.807) is 49.4 Å². The summed E-state index contributed by atoms with van der Waals surface area (Å²) in [6.45, 7) is 1.68. The fourth-order valence-corrected chi connectivity index (χ4v) is 3.86. The van der Waals surface area contributed by atoms with Gasteiger partial charge in [0.2, 0.25) is 0 Å². The number of aliphatic hydroxyl groups is 1. The number of methoxy groups -OCH3 is 3. The van der Waals surface area contributed by atoms with Crippen LogP contribution >= 0.6 is 0 Å². The lowest BCUT2D eigenvalue weighted by molar-refractivity contribution is -0.132. The van der Waals surface area contributed by atoms with Gasteiger partial charge in [0.1, 0.15) is 23.3 Å². The largest absolute Gasteiger partial charge is 0.507 e. The maximum Gasteiger partial charge on any atom is 0.301 e. The highest BCUT2D eigenvalue weighted by Crippen LogP contribution is 2.45. The Kier molecular flexibility index (Phi) is 5.78. The van der Waals surface area contributed by atoms with Gasteiger partial charge in [0, 0.05) is 17.2 Å². The number of carbonyl (C=O) groups excluding carboxylic acids is 2. The van der Waals surface area contributed by atoms with E-state index >= 15 is 0 Å². The number of hydrogen-bond donors (Lipinski definition) is 1. The molecule has 0 bridgehead atoms. The molecular formula is C24H22N2O7. The Labute approximate surface area is 189 Å². The molecule has 9 nitrogen and oxygen atoms in total. The van der Waals surface area contributed by atoms with Gasteiger partial charge in [-0.25, -0.2) is 0 Å². The van der Waals surface area contributed by atoms with E-state index < -0.39 is 17.7 Å². The van der Waals surface area contributed by atoms with Gasteiger partial charge in [-0.3, -0.25) is 14.5 Å². The summed E-state index contributed by atoms with van der Waals surface area (Å²) >= 11 is 0. The molecule has 2 aromatic carbocycles. The van der Waals surface area contributed by atoms with Crippen molar-refractivity contribution in [3.63, 3.8) is 0 Å². The summed E-state index contributed by atoms with van der Waals surface area (Å²) in [5.41, 5.74) is 0.668. The van der Waals surface area contributed by atoms with Crippen LogP contribution in [0.5, 0.6) is 17.2 Å². The number of amides is 1. The van der Waals surface area contributed by atoms with Crippen LogP contribution in [0.1, 0.15) is 22.9 Å². The van der Waals surface area contributed by atoms with Crippen molar-refractivity contribution in [3.05, 3.63) is 71.0 Å². The molecule has 1 atom stereocenters. The Morgan fingerprint density at radius 1 is 0.970 bits per heavy atom. The molecule has 3 aromatic rings. The monoisotopic (exact) mass is 450 g/mol. The van der Waals surface area contributed by atoms with Crippen molar-refractivity contribution in [2.24, 2.45) is 0 Å². The molecule has 1 amide bonds. The Morgan fingerprint density at radius 2 is 1.67 bits per heavy atom. The number of ketones is 1. The second kappa shape index (κ2) is 8.70. The highest BCUT2D eigenvalue weighted by atomic mass is 16.5. The topological polar surface area (TPSA) is 111 Å². The predicted octanol–water partition coefficient (Wildman–Crippen LogP) is 3.64. The lowest BCUT2D eigenvalue weighted by Crippen LogP contribution is -2.29. The van der Waals surface area contributed by atoms with Gasteiger partial charge in [-0.1, -0.05) is 23.4 Å². The quantitative estimate of drug-likeness (QED) is 0.344. The summed E-state index contributed by atoms with van der Waals surface area (Å²) < 4.78 is 21.2. The zero-order valence-corrected chi connectivity index (χ0v) is 18.5. The van der Waals surface area contributed by atoms with Crippen LogP contribution in [0.2, 0.25) is 0 Å². The number of para-hydroxylation sites is 1. The van der Waals surface area contributed by atoms with E-state index in [2.05, 4.69) is 5.16 Å². The van der Waals surface area contributed by atoms with Crippen molar-refractivity contribution in [2.75, 3.05) is 26.2 Å². The lowest BCUT2D eigenvalue weighted by atomic mass is 9.94. The lowest BCUT2D eigenvalue weighted by Gasteiger charge is -2.24. The molecule has 0 saturated carbocycles. The number of Topliss-reactive ketones (excluding diaryl/α,β-unsaturated/α-hetero) is 1. The van der Waals surface area contributed by atoms with E-state index in [0.717, 1.165) is 0 Å². The molecule has 33 heavy (non-hydrogen) atoms. The zero-order valence-electron chi connectivity index (χ0n) is 18.5. The maximum atomic E-state index is 13.2. The normalized spacial score (nSPS) is 17.3. The van der Waals surface area contributed by atoms with Gasteiger partial charge >= 0.3 is 5.91 Å². The molecule has 1 unspecified atom stereocenters. The van der Waals surface area contributed by atoms with E-state index in [1.807, 2.05) is 0 Å². The van der Waals surface area contributed by atoms with Crippen LogP contribution in [0.4, 0.5) is 5.82 Å². The van der Waals surface area contributed by atoms with Crippen molar-refractivity contribution in [1.82, 2.24) is 5.16 Å². The number of carbonyl (C=O) groups is 2. The van der Waals surface area contributed by atoms with E-state index in [9.17, 15) is 14.7 Å². The van der Waals surface area contributed by atoms with Crippen LogP contribution in [0, 0.1) is 6.92 Å². The van der Waals surface area contributed by atoms with Crippen molar-refractivity contribution in [2.45, 2.75) is 13.0 Å². The molecule has 0 spiro atoms. The van der Waals surface area contributed by atoms with Gasteiger partial charge < -0.3 is 23.8 Å². The summed E-state index contributed by atoms with van der Waals surface area (Å²) in [6, 6.07) is 12.2. The average molecular weight is 450 g/mol. The highest BCUT2D eigenvalue weighted by molar-refractivity contribution is 6.51. The first-order valence-corrected chi connectivity index (χ1v) is 10.0. The number of hydrogen-bond acceptors (Lipinski definition) is 8. The molecule has 0 aliphatic carbocycles. The van der Waals surface area contributed by atoms with E-state index in [4.69, 9.17) is 18.7 Å². The van der Waals surface area contributed by atoms with Crippen LogP contribution in [0.3, 0.4) is 0 Å². The van der Waals surface area contributed by atoms with Gasteiger partial charge in [0.25, 0.3) is 5.78 Å². The number of rotatable bonds is 6. The van der Waals surface area contributed by atoms with Crippen LogP contribution in [0.25, 0.3) is 5.76 Å². The first-order chi connectivity index (χ1) is 15.9. The number of benzene rings is 2. The molecule has 1 saturated heterocycles. The summed E-state index contributed by atoms with van der Waals surface area (Å²) in [6.07, 6.45) is 0. The molecule has 2 heterocycles. The number of anilines is 1. The molecular weight excluding hydrogens is 428 g/mol. The third-order valence-corrected chi connectivity index (χ3v) is 5.40. The molecule has 1 N–H and O–H groups in total. The number of nitrogens with zero attached hydrogens (tertiary/aromatic N) is 2. The van der Waals surface area contributed by atoms with Gasteiger partial charge in [0.15, 0.2) is 17.3 Å². The Morgan fingerprint density at radius 3 is 2.30 bits per heavy atom. The van der Waals surface area contributed by atoms with Gasteiger partial charge in [-0.2, -0.15) is 0 Å². The van der Waals surface area contributed by atoms with E-state index in [0.29, 0.717) is 28.6 Å². The van der Waals surface area contributed by atoms with E-state index in [1.165, 1.54) is 32.3 Å². The minimum atomic E-state index is -1.00. The van der Waals surface area contributed by atoms with Gasteiger partial charge in [-0.05, 0) is 31.2 Å². The predicted molar refractivity (Wildman–Crippen MR) is 119 cm³/mol.